The van der Waals surface area contributed by atoms with E-state index in [-0.39, 0.29) is 105 Å². The molecule has 1 amide bonds. The first-order chi connectivity index (χ1) is 20.2. The summed E-state index contributed by atoms with van der Waals surface area (Å²) < 4.78 is 7.95. The number of Topliss-reactive ketones (excluding diaryl/α,β-unsaturated/α-hetero) is 1. The molecule has 1 atom stereocenters. The number of aliphatic carboxylic acids is 1. The average molecular weight is 729 g/mol. The molecule has 3 aromatic rings. The van der Waals surface area contributed by atoms with Gasteiger partial charge in [0.2, 0.25) is 0 Å². The predicted molar refractivity (Wildman–Crippen MR) is 176 cm³/mol. The van der Waals surface area contributed by atoms with Crippen LogP contribution in [0, 0.1) is 5.92 Å². The van der Waals surface area contributed by atoms with Crippen molar-refractivity contribution in [2.24, 2.45) is 13.0 Å². The Morgan fingerprint density at radius 2 is 1.62 bits per heavy atom. The molecule has 5 rings (SSSR count). The van der Waals surface area contributed by atoms with Crippen LogP contribution >= 0.6 is 23.2 Å². The van der Waals surface area contributed by atoms with Gasteiger partial charge in [0, 0.05) is 48.1 Å². The number of carbonyl (C=O) groups is 3. The Balaban J connectivity index is 0. The fourth-order valence-corrected chi connectivity index (χ4v) is 6.27. The number of aryl methyl sites for hydroxylation is 1. The molecule has 0 unspecified atom stereocenters. The maximum absolute atomic E-state index is 13.0. The third-order valence-electron chi connectivity index (χ3n) is 8.16. The number of para-hydroxylation sites is 1. The molecule has 17 heteroatoms. The van der Waals surface area contributed by atoms with Crippen LogP contribution in [-0.2, 0) is 32.6 Å². The minimum atomic E-state index is -0.975. The van der Waals surface area contributed by atoms with E-state index >= 15 is 0 Å². The fraction of sp³-hybridized carbons (Fsp3) is 0.452. The van der Waals surface area contributed by atoms with Crippen LogP contribution in [0.1, 0.15) is 54.4 Å². The molecule has 11 N–H and O–H groups in total. The SMILES string of the molecule is Cn1cc(C(=O)Nc2cc(Cl)c(CC(=O)CON3CCC[C@H]3CO[C@H]3CC[C@H](C(=O)[O-])CC3)cc2Cl)c2ccccc21.O.O.O.O.O.[Na+]. The quantitative estimate of drug-likeness (QED) is 0.206. The van der Waals surface area contributed by atoms with Crippen LogP contribution in [0.2, 0.25) is 10.0 Å². The van der Waals surface area contributed by atoms with Crippen molar-refractivity contribution in [3.8, 4) is 0 Å². The fourth-order valence-electron chi connectivity index (χ4n) is 5.81. The number of carboxylic acid groups (broad SMARTS) is 1. The van der Waals surface area contributed by atoms with E-state index < -0.39 is 5.97 Å². The number of carboxylic acids is 1. The second kappa shape index (κ2) is 21.8. The Morgan fingerprint density at radius 3 is 2.29 bits per heavy atom. The van der Waals surface area contributed by atoms with Gasteiger partial charge in [-0.2, -0.15) is 5.06 Å². The molecule has 2 fully saturated rings. The van der Waals surface area contributed by atoms with Crippen LogP contribution in [0.3, 0.4) is 0 Å². The van der Waals surface area contributed by atoms with Crippen molar-refractivity contribution >= 4 is 57.5 Å². The number of amides is 1. The molecule has 1 saturated heterocycles. The largest absolute Gasteiger partial charge is 1.00 e. The van der Waals surface area contributed by atoms with Crippen LogP contribution < -0.4 is 40.0 Å². The molecule has 0 radical (unpaired) electrons. The number of fused-ring (bicyclic) bond motifs is 1. The zero-order valence-electron chi connectivity index (χ0n) is 26.9. The third-order valence-corrected chi connectivity index (χ3v) is 8.82. The summed E-state index contributed by atoms with van der Waals surface area (Å²) in [4.78, 5) is 42.7. The summed E-state index contributed by atoms with van der Waals surface area (Å²) in [6.45, 7) is 1.07. The number of hydrogen-bond acceptors (Lipinski definition) is 7. The van der Waals surface area contributed by atoms with Crippen molar-refractivity contribution in [1.29, 1.82) is 0 Å². The van der Waals surface area contributed by atoms with E-state index in [2.05, 4.69) is 5.32 Å². The van der Waals surface area contributed by atoms with Crippen molar-refractivity contribution in [1.82, 2.24) is 9.63 Å². The van der Waals surface area contributed by atoms with E-state index in [4.69, 9.17) is 32.8 Å². The number of benzene rings is 2. The molecule has 1 saturated carbocycles. The number of halogens is 2. The first-order valence-corrected chi connectivity index (χ1v) is 15.0. The average Bonchev–Trinajstić information content (AvgIpc) is 3.57. The van der Waals surface area contributed by atoms with Crippen LogP contribution in [0.25, 0.3) is 10.9 Å². The summed E-state index contributed by atoms with van der Waals surface area (Å²) in [5, 5.41) is 17.1. The van der Waals surface area contributed by atoms with Crippen LogP contribution in [0.15, 0.2) is 42.6 Å². The molecular formula is C31H44Cl2N3NaO11. The summed E-state index contributed by atoms with van der Waals surface area (Å²) in [5.74, 6) is -1.82. The van der Waals surface area contributed by atoms with Gasteiger partial charge in [-0.15, -0.1) is 0 Å². The zero-order valence-corrected chi connectivity index (χ0v) is 30.5. The Morgan fingerprint density at radius 1 is 0.958 bits per heavy atom. The molecular weight excluding hydrogens is 684 g/mol. The van der Waals surface area contributed by atoms with Gasteiger partial charge in [-0.25, -0.2) is 0 Å². The summed E-state index contributed by atoms with van der Waals surface area (Å²) in [6.07, 6.45) is 6.25. The minimum absolute atomic E-state index is 0. The monoisotopic (exact) mass is 727 g/mol. The number of hydrogen-bond donors (Lipinski definition) is 1. The Labute approximate surface area is 310 Å². The van der Waals surface area contributed by atoms with E-state index in [1.165, 1.54) is 0 Å². The smallest absolute Gasteiger partial charge is 0.550 e. The van der Waals surface area contributed by atoms with E-state index in [1.807, 2.05) is 40.9 Å². The van der Waals surface area contributed by atoms with E-state index in [0.717, 1.165) is 23.7 Å². The van der Waals surface area contributed by atoms with Crippen LogP contribution in [0.5, 0.6) is 0 Å². The van der Waals surface area contributed by atoms with Crippen LogP contribution in [0.4, 0.5) is 5.69 Å². The van der Waals surface area contributed by atoms with Gasteiger partial charge >= 0.3 is 29.6 Å². The molecule has 48 heavy (non-hydrogen) atoms. The molecule has 1 aliphatic carbocycles. The number of anilines is 1. The number of ether oxygens (including phenoxy) is 1. The second-order valence-corrected chi connectivity index (χ2v) is 11.9. The number of nitrogens with one attached hydrogen (secondary N) is 1. The van der Waals surface area contributed by atoms with E-state index in [0.29, 0.717) is 60.7 Å². The molecule has 2 heterocycles. The molecule has 2 aromatic carbocycles. The number of carbonyl (C=O) groups excluding carboxylic acids is 3. The van der Waals surface area contributed by atoms with Gasteiger partial charge in [-0.3, -0.25) is 14.4 Å². The maximum atomic E-state index is 13.0. The Hall–Kier alpha value is -2.15. The normalized spacial score (nSPS) is 18.4. The first-order valence-electron chi connectivity index (χ1n) is 14.3. The van der Waals surface area contributed by atoms with Crippen molar-refractivity contribution < 1.29 is 86.0 Å². The summed E-state index contributed by atoms with van der Waals surface area (Å²) in [7, 11) is 1.88. The number of ketones is 1. The molecule has 14 nitrogen and oxygen atoms in total. The van der Waals surface area contributed by atoms with E-state index in [1.54, 1.807) is 18.3 Å². The topological polar surface area (TPSA) is 270 Å². The van der Waals surface area contributed by atoms with Gasteiger partial charge in [0.05, 0.1) is 35.0 Å². The summed E-state index contributed by atoms with van der Waals surface area (Å²) in [6, 6.07) is 10.8. The molecule has 2 aliphatic rings. The first kappa shape index (κ1) is 48.0. The van der Waals surface area contributed by atoms with Gasteiger partial charge in [0.1, 0.15) is 6.61 Å². The molecule has 0 spiro atoms. The molecule has 1 aromatic heterocycles. The van der Waals surface area contributed by atoms with Crippen molar-refractivity contribution in [2.75, 3.05) is 25.1 Å². The number of rotatable bonds is 11. The number of aromatic nitrogens is 1. The third kappa shape index (κ3) is 11.7. The zero-order chi connectivity index (χ0) is 29.8. The summed E-state index contributed by atoms with van der Waals surface area (Å²) >= 11 is 13.0. The molecule has 264 valence electrons. The Bertz CT molecular complexity index is 1490. The Kier molecular flexibility index (Phi) is 21.8. The maximum Gasteiger partial charge on any atom is 1.00 e. The van der Waals surface area contributed by atoms with Gasteiger partial charge < -0.3 is 51.9 Å². The van der Waals surface area contributed by atoms with Crippen LogP contribution in [-0.4, -0.2) is 86.6 Å². The van der Waals surface area contributed by atoms with Gasteiger partial charge in [-0.1, -0.05) is 41.4 Å². The van der Waals surface area contributed by atoms with Crippen molar-refractivity contribution in [3.05, 3.63) is 63.8 Å². The minimum Gasteiger partial charge on any atom is -0.550 e. The predicted octanol–water partition coefficient (Wildman–Crippen LogP) is -2.55. The standard InChI is InChI=1S/C31H35Cl2N3O6.Na.5H2O/c1-35-16-25(24-6-2-3-7-29(24)35)30(38)34-28-15-26(32)20(14-27(28)33)13-22(37)18-42-36-12-4-5-21(36)17-41-23-10-8-19(9-11-23)31(39)40;;;;;;/h2-3,6-7,14-16,19,21,23H,4-5,8-13,17-18H2,1H3,(H,34,38)(H,39,40);;5*1H2/q;+1;;;;;/p-1/t19-,21-,23-;;;;;;/m0....../s1. The van der Waals surface area contributed by atoms with E-state index in [9.17, 15) is 19.5 Å². The van der Waals surface area contributed by atoms with Gasteiger partial charge in [0.25, 0.3) is 5.91 Å². The van der Waals surface area contributed by atoms with Gasteiger partial charge in [-0.05, 0) is 68.2 Å². The van der Waals surface area contributed by atoms with Gasteiger partial charge in [0.15, 0.2) is 5.78 Å². The van der Waals surface area contributed by atoms with Crippen molar-refractivity contribution in [3.63, 3.8) is 0 Å². The molecule has 0 bridgehead atoms. The number of nitrogens with zero attached hydrogens (tertiary/aromatic N) is 2. The molecule has 1 aliphatic heterocycles. The second-order valence-electron chi connectivity index (χ2n) is 11.1. The number of hydroxylamine groups is 2. The van der Waals surface area contributed by atoms with Crippen molar-refractivity contribution in [2.45, 2.75) is 57.1 Å². The summed E-state index contributed by atoms with van der Waals surface area (Å²) in [5.41, 5.74) is 2.37.